The minimum Gasteiger partial charge on any atom is -0.478 e. The minimum absolute atomic E-state index is 0.105. The van der Waals surface area contributed by atoms with Crippen molar-refractivity contribution in [3.8, 4) is 0 Å². The number of pyridine rings is 1. The maximum Gasteiger partial charge on any atom is 0.337 e. The highest BCUT2D eigenvalue weighted by Crippen LogP contribution is 2.24. The van der Waals surface area contributed by atoms with Crippen LogP contribution in [-0.4, -0.2) is 58.3 Å². The second-order valence-electron chi connectivity index (χ2n) is 7.41. The molecule has 1 aliphatic heterocycles. The molecule has 3 rings (SSSR count). The molecule has 1 atom stereocenters. The first-order chi connectivity index (χ1) is 14.9. The van der Waals surface area contributed by atoms with E-state index >= 15 is 0 Å². The second kappa shape index (κ2) is 11.8. The summed E-state index contributed by atoms with van der Waals surface area (Å²) < 4.78 is 5.87. The number of halogens is 2. The molecule has 9 heteroatoms. The predicted octanol–water partition coefficient (Wildman–Crippen LogP) is 4.82. The molecule has 166 valence electrons. The van der Waals surface area contributed by atoms with Gasteiger partial charge in [0.1, 0.15) is 5.78 Å². The Morgan fingerprint density at radius 2 is 2.06 bits per heavy atom. The predicted molar refractivity (Wildman–Crippen MR) is 122 cm³/mol. The van der Waals surface area contributed by atoms with E-state index in [-0.39, 0.29) is 17.5 Å². The number of ether oxygens (including phenoxy) is 1. The van der Waals surface area contributed by atoms with Crippen LogP contribution in [0.25, 0.3) is 0 Å². The maximum absolute atomic E-state index is 12.2. The molecular weight excluding hydrogens is 459 g/mol. The van der Waals surface area contributed by atoms with Crippen LogP contribution < -0.4 is 0 Å². The number of carbonyl (C=O) groups excluding carboxylic acids is 1. The number of carboxylic acids is 1. The number of aromatic nitrogens is 1. The average molecular weight is 483 g/mol. The number of Topliss-reactive ketones (excluding diaryl/α,β-unsaturated/α-hetero) is 1. The van der Waals surface area contributed by atoms with Crippen LogP contribution in [0.5, 0.6) is 0 Å². The Morgan fingerprint density at radius 1 is 1.23 bits per heavy atom. The van der Waals surface area contributed by atoms with Crippen molar-refractivity contribution in [3.63, 3.8) is 0 Å². The first-order valence-corrected chi connectivity index (χ1v) is 11.8. The molecular formula is C22H24Cl2N2O4S. The lowest BCUT2D eigenvalue weighted by atomic mass is 10.1. The van der Waals surface area contributed by atoms with E-state index in [9.17, 15) is 9.59 Å². The molecule has 1 aromatic heterocycles. The van der Waals surface area contributed by atoms with E-state index < -0.39 is 5.97 Å². The third kappa shape index (κ3) is 7.77. The van der Waals surface area contributed by atoms with E-state index in [1.807, 2.05) is 18.2 Å². The summed E-state index contributed by atoms with van der Waals surface area (Å²) in [7, 11) is 0. The highest BCUT2D eigenvalue weighted by Gasteiger charge is 2.21. The fourth-order valence-corrected chi connectivity index (χ4v) is 4.51. The monoisotopic (exact) mass is 482 g/mol. The Labute approximate surface area is 195 Å². The number of rotatable bonds is 10. The number of hydrogen-bond donors (Lipinski definition) is 1. The highest BCUT2D eigenvalue weighted by atomic mass is 35.5. The zero-order valence-corrected chi connectivity index (χ0v) is 19.3. The van der Waals surface area contributed by atoms with Crippen molar-refractivity contribution in [2.24, 2.45) is 0 Å². The van der Waals surface area contributed by atoms with Gasteiger partial charge in [0, 0.05) is 43.3 Å². The third-order valence-corrected chi connectivity index (χ3v) is 6.72. The SMILES string of the molecule is O=C(CCCC1CN(Cc2ccc(Cl)c(Cl)c2)CCO1)CSc1cncc(C(=O)O)c1. The molecule has 0 spiro atoms. The summed E-state index contributed by atoms with van der Waals surface area (Å²) in [6, 6.07) is 7.23. The lowest BCUT2D eigenvalue weighted by Crippen LogP contribution is -2.41. The van der Waals surface area contributed by atoms with Crippen LogP contribution in [0.1, 0.15) is 35.2 Å². The van der Waals surface area contributed by atoms with E-state index in [2.05, 4.69) is 9.88 Å². The molecule has 1 fully saturated rings. The van der Waals surface area contributed by atoms with Gasteiger partial charge in [0.25, 0.3) is 0 Å². The third-order valence-electron chi connectivity index (χ3n) is 4.95. The number of morpholine rings is 1. The number of hydrogen-bond acceptors (Lipinski definition) is 6. The highest BCUT2D eigenvalue weighted by molar-refractivity contribution is 8.00. The molecule has 0 saturated carbocycles. The van der Waals surface area contributed by atoms with E-state index in [4.69, 9.17) is 33.0 Å². The van der Waals surface area contributed by atoms with Gasteiger partial charge in [-0.05, 0) is 36.6 Å². The molecule has 2 aromatic rings. The Bertz CT molecular complexity index is 928. The summed E-state index contributed by atoms with van der Waals surface area (Å²) in [5.41, 5.74) is 1.24. The van der Waals surface area contributed by atoms with Gasteiger partial charge in [0.2, 0.25) is 0 Å². The summed E-state index contributed by atoms with van der Waals surface area (Å²) in [6.07, 6.45) is 5.04. The molecule has 1 saturated heterocycles. The van der Waals surface area contributed by atoms with Crippen molar-refractivity contribution in [1.82, 2.24) is 9.88 Å². The topological polar surface area (TPSA) is 79.7 Å². The number of carbonyl (C=O) groups is 2. The van der Waals surface area contributed by atoms with Crippen molar-refractivity contribution < 1.29 is 19.4 Å². The molecule has 31 heavy (non-hydrogen) atoms. The van der Waals surface area contributed by atoms with Gasteiger partial charge in [0.05, 0.1) is 34.1 Å². The zero-order valence-electron chi connectivity index (χ0n) is 16.9. The number of benzene rings is 1. The average Bonchev–Trinajstić information content (AvgIpc) is 2.75. The quantitative estimate of drug-likeness (QED) is 0.486. The normalized spacial score (nSPS) is 16.9. The van der Waals surface area contributed by atoms with Crippen LogP contribution in [-0.2, 0) is 16.1 Å². The summed E-state index contributed by atoms with van der Waals surface area (Å²) in [6.45, 7) is 3.13. The van der Waals surface area contributed by atoms with E-state index in [0.717, 1.165) is 38.0 Å². The van der Waals surface area contributed by atoms with Gasteiger partial charge in [-0.15, -0.1) is 11.8 Å². The van der Waals surface area contributed by atoms with E-state index in [1.165, 1.54) is 24.0 Å². The van der Waals surface area contributed by atoms with Crippen LogP contribution in [0, 0.1) is 0 Å². The van der Waals surface area contributed by atoms with Gasteiger partial charge in [-0.2, -0.15) is 0 Å². The summed E-state index contributed by atoms with van der Waals surface area (Å²) in [5.74, 6) is -0.587. The van der Waals surface area contributed by atoms with Crippen LogP contribution in [0.15, 0.2) is 41.6 Å². The van der Waals surface area contributed by atoms with Gasteiger partial charge in [0.15, 0.2) is 0 Å². The standard InChI is InChI=1S/C22H24Cl2N2O4S/c23-20-5-4-15(8-21(20)24)12-26-6-7-30-18(13-26)3-1-2-17(27)14-31-19-9-16(22(28)29)10-25-11-19/h4-5,8-11,18H,1-3,6-7,12-14H2,(H,28,29). The van der Waals surface area contributed by atoms with Crippen LogP contribution in [0.4, 0.5) is 0 Å². The van der Waals surface area contributed by atoms with E-state index in [0.29, 0.717) is 33.7 Å². The summed E-state index contributed by atoms with van der Waals surface area (Å²) in [4.78, 5) is 30.1. The smallest absolute Gasteiger partial charge is 0.337 e. The molecule has 1 unspecified atom stereocenters. The molecule has 6 nitrogen and oxygen atoms in total. The molecule has 1 N–H and O–H groups in total. The molecule has 0 aliphatic carbocycles. The maximum atomic E-state index is 12.2. The largest absolute Gasteiger partial charge is 0.478 e. The van der Waals surface area contributed by atoms with Gasteiger partial charge < -0.3 is 9.84 Å². The van der Waals surface area contributed by atoms with Crippen molar-refractivity contribution in [2.75, 3.05) is 25.4 Å². The first-order valence-electron chi connectivity index (χ1n) is 10.0. The second-order valence-corrected chi connectivity index (χ2v) is 9.27. The molecule has 0 amide bonds. The minimum atomic E-state index is -1.03. The van der Waals surface area contributed by atoms with Crippen LogP contribution in [0.2, 0.25) is 10.0 Å². The molecule has 2 heterocycles. The lowest BCUT2D eigenvalue weighted by molar-refractivity contribution is -0.116. The van der Waals surface area contributed by atoms with Crippen LogP contribution in [0.3, 0.4) is 0 Å². The van der Waals surface area contributed by atoms with Crippen molar-refractivity contribution in [1.29, 1.82) is 0 Å². The molecule has 0 radical (unpaired) electrons. The lowest BCUT2D eigenvalue weighted by Gasteiger charge is -2.33. The van der Waals surface area contributed by atoms with Crippen molar-refractivity contribution in [3.05, 3.63) is 57.8 Å². The van der Waals surface area contributed by atoms with E-state index in [1.54, 1.807) is 6.20 Å². The molecule has 0 bridgehead atoms. The number of carboxylic acid groups (broad SMARTS) is 1. The van der Waals surface area contributed by atoms with Gasteiger partial charge >= 0.3 is 5.97 Å². The first kappa shape index (κ1) is 24.0. The molecule has 1 aromatic carbocycles. The van der Waals surface area contributed by atoms with Gasteiger partial charge in [-0.1, -0.05) is 29.3 Å². The fourth-order valence-electron chi connectivity index (χ4n) is 3.37. The Hall–Kier alpha value is -1.64. The summed E-state index contributed by atoms with van der Waals surface area (Å²) >= 11 is 13.4. The number of ketones is 1. The number of nitrogens with zero attached hydrogens (tertiary/aromatic N) is 2. The van der Waals surface area contributed by atoms with Crippen molar-refractivity contribution >= 4 is 46.7 Å². The number of thioether (sulfide) groups is 1. The Morgan fingerprint density at radius 3 is 2.84 bits per heavy atom. The Kier molecular flexibility index (Phi) is 9.16. The fraction of sp³-hybridized carbons (Fsp3) is 0.409. The Balaban J connectivity index is 1.37. The molecule has 1 aliphatic rings. The van der Waals surface area contributed by atoms with Gasteiger partial charge in [-0.3, -0.25) is 14.7 Å². The van der Waals surface area contributed by atoms with Gasteiger partial charge in [-0.25, -0.2) is 4.79 Å². The summed E-state index contributed by atoms with van der Waals surface area (Å²) in [5, 5.41) is 10.1. The van der Waals surface area contributed by atoms with Crippen LogP contribution >= 0.6 is 35.0 Å². The number of aromatic carboxylic acids is 1. The zero-order chi connectivity index (χ0) is 22.2. The van der Waals surface area contributed by atoms with Crippen molar-refractivity contribution in [2.45, 2.75) is 36.8 Å².